The molecule has 3 heteroatoms. The van der Waals surface area contributed by atoms with E-state index in [1.807, 2.05) is 19.9 Å². The van der Waals surface area contributed by atoms with Crippen molar-refractivity contribution in [2.45, 2.75) is 25.5 Å². The van der Waals surface area contributed by atoms with Crippen molar-refractivity contribution in [3.05, 3.63) is 42.5 Å². The van der Waals surface area contributed by atoms with Crippen LogP contribution in [-0.2, 0) is 9.47 Å². The molecule has 0 radical (unpaired) electrons. The van der Waals surface area contributed by atoms with Gasteiger partial charge in [-0.05, 0) is 0 Å². The fourth-order valence-corrected chi connectivity index (χ4v) is 3.07. The second kappa shape index (κ2) is 8.48. The average molecular weight is 299 g/mol. The minimum atomic E-state index is -0.100. The van der Waals surface area contributed by atoms with Gasteiger partial charge in [-0.3, -0.25) is 0 Å². The first-order valence-electron chi connectivity index (χ1n) is 5.77. The van der Waals surface area contributed by atoms with Crippen molar-refractivity contribution in [1.82, 2.24) is 0 Å². The van der Waals surface area contributed by atoms with Gasteiger partial charge in [0.05, 0.1) is 0 Å². The Morgan fingerprint density at radius 1 is 1.29 bits per heavy atom. The van der Waals surface area contributed by atoms with Crippen molar-refractivity contribution in [1.29, 1.82) is 0 Å². The number of ether oxygens (including phenoxy) is 2. The zero-order valence-electron chi connectivity index (χ0n) is 10.5. The maximum absolute atomic E-state index is 5.66. The van der Waals surface area contributed by atoms with E-state index < -0.39 is 0 Å². The van der Waals surface area contributed by atoms with Gasteiger partial charge in [0.1, 0.15) is 0 Å². The predicted molar refractivity (Wildman–Crippen MR) is 72.8 cm³/mol. The van der Waals surface area contributed by atoms with Gasteiger partial charge in [-0.25, -0.2) is 0 Å². The van der Waals surface area contributed by atoms with Gasteiger partial charge in [0.15, 0.2) is 0 Å². The predicted octanol–water partition coefficient (Wildman–Crippen LogP) is 2.39. The second-order valence-electron chi connectivity index (χ2n) is 3.78. The Morgan fingerprint density at radius 2 is 2.00 bits per heavy atom. The summed E-state index contributed by atoms with van der Waals surface area (Å²) in [5.74, 6) is 0. The summed E-state index contributed by atoms with van der Waals surface area (Å²) in [6.07, 6.45) is -0.100. The molecule has 1 atom stereocenters. The molecule has 0 saturated carbocycles. The van der Waals surface area contributed by atoms with Crippen LogP contribution in [0.1, 0.15) is 13.8 Å². The van der Waals surface area contributed by atoms with Crippen molar-refractivity contribution in [3.8, 4) is 0 Å². The van der Waals surface area contributed by atoms with Crippen LogP contribution in [0.15, 0.2) is 42.5 Å². The molecule has 0 amide bonds. The van der Waals surface area contributed by atoms with E-state index >= 15 is 0 Å². The summed E-state index contributed by atoms with van der Waals surface area (Å²) in [5.41, 5.74) is 1.03. The number of benzene rings is 1. The monoisotopic (exact) mass is 300 g/mol. The van der Waals surface area contributed by atoms with E-state index in [9.17, 15) is 0 Å². The molecule has 0 aliphatic heterocycles. The van der Waals surface area contributed by atoms with Crippen molar-refractivity contribution >= 4 is 19.4 Å². The molecular weight excluding hydrogens is 279 g/mol. The third kappa shape index (κ3) is 6.64. The molecule has 0 heterocycles. The molecule has 0 saturated heterocycles. The molecule has 17 heavy (non-hydrogen) atoms. The first-order chi connectivity index (χ1) is 8.22. The first-order valence-corrected chi connectivity index (χ1v) is 7.84. The Labute approximate surface area is 110 Å². The Hall–Kier alpha value is -0.601. The second-order valence-corrected chi connectivity index (χ2v) is 6.07. The van der Waals surface area contributed by atoms with Crippen molar-refractivity contribution in [2.24, 2.45) is 0 Å². The normalized spacial score (nSPS) is 12.4. The number of hydrogen-bond donors (Lipinski definition) is 0. The molecule has 0 N–H and O–H groups in total. The molecule has 94 valence electrons. The fourth-order valence-electron chi connectivity index (χ4n) is 1.25. The van der Waals surface area contributed by atoms with E-state index in [2.05, 4.69) is 30.8 Å². The first kappa shape index (κ1) is 14.5. The fraction of sp³-hybridized carbons (Fsp3) is 0.429. The summed E-state index contributed by atoms with van der Waals surface area (Å²) in [5, 5.41) is 0.943. The van der Waals surface area contributed by atoms with Crippen LogP contribution < -0.4 is 4.46 Å². The quantitative estimate of drug-likeness (QED) is 0.417. The summed E-state index contributed by atoms with van der Waals surface area (Å²) in [6, 6.07) is 10.5. The van der Waals surface area contributed by atoms with Crippen LogP contribution >= 0.6 is 0 Å². The van der Waals surface area contributed by atoms with Gasteiger partial charge < -0.3 is 0 Å². The van der Waals surface area contributed by atoms with Gasteiger partial charge >= 0.3 is 110 Å². The van der Waals surface area contributed by atoms with Crippen LogP contribution in [0.25, 0.3) is 0 Å². The zero-order chi connectivity index (χ0) is 12.5. The van der Waals surface area contributed by atoms with E-state index in [1.165, 1.54) is 4.46 Å². The molecule has 0 aliphatic carbocycles. The third-order valence-corrected chi connectivity index (χ3v) is 4.19. The Balaban J connectivity index is 2.36. The Kier molecular flexibility index (Phi) is 7.22. The van der Waals surface area contributed by atoms with Gasteiger partial charge in [0, 0.05) is 0 Å². The van der Waals surface area contributed by atoms with Gasteiger partial charge in [0.2, 0.25) is 0 Å². The molecule has 1 aromatic carbocycles. The van der Waals surface area contributed by atoms with Crippen LogP contribution in [0, 0.1) is 0 Å². The van der Waals surface area contributed by atoms with Crippen LogP contribution in [0.4, 0.5) is 0 Å². The number of rotatable bonds is 8. The summed E-state index contributed by atoms with van der Waals surface area (Å²) in [7, 11) is 0. The molecule has 0 fully saturated rings. The molecule has 1 unspecified atom stereocenters. The molecule has 1 rings (SSSR count). The van der Waals surface area contributed by atoms with Crippen molar-refractivity contribution in [2.75, 3.05) is 13.2 Å². The molecule has 2 nitrogen and oxygen atoms in total. The molecule has 1 aromatic rings. The van der Waals surface area contributed by atoms with Crippen LogP contribution in [0.2, 0.25) is 5.32 Å². The standard InChI is InChI=1S/C14H20O2Se/c1-4-15-14(16-10-12(2)3)11-17-13-8-6-5-7-9-13/h5-9,14H,2,4,10-11H2,1,3H3. The van der Waals surface area contributed by atoms with Gasteiger partial charge in [0.25, 0.3) is 0 Å². The van der Waals surface area contributed by atoms with Crippen LogP contribution in [0.3, 0.4) is 0 Å². The van der Waals surface area contributed by atoms with Crippen LogP contribution in [0.5, 0.6) is 0 Å². The summed E-state index contributed by atoms with van der Waals surface area (Å²) < 4.78 is 12.6. The maximum atomic E-state index is 5.66. The summed E-state index contributed by atoms with van der Waals surface area (Å²) in [6.45, 7) is 9.05. The average Bonchev–Trinajstić information content (AvgIpc) is 2.34. The molecule has 0 spiro atoms. The number of hydrogen-bond acceptors (Lipinski definition) is 2. The van der Waals surface area contributed by atoms with Crippen molar-refractivity contribution < 1.29 is 9.47 Å². The molecular formula is C14H20O2Se. The van der Waals surface area contributed by atoms with E-state index in [1.54, 1.807) is 0 Å². The van der Waals surface area contributed by atoms with E-state index in [4.69, 9.17) is 9.47 Å². The molecule has 0 aliphatic rings. The van der Waals surface area contributed by atoms with E-state index in [0.717, 1.165) is 10.9 Å². The molecule has 0 bridgehead atoms. The molecule has 0 aromatic heterocycles. The SMILES string of the molecule is C=C(C)COC(C[Se]c1ccccc1)OCC. The van der Waals surface area contributed by atoms with Gasteiger partial charge in [-0.1, -0.05) is 0 Å². The summed E-state index contributed by atoms with van der Waals surface area (Å²) in [4.78, 5) is 0. The van der Waals surface area contributed by atoms with Gasteiger partial charge in [-0.2, -0.15) is 0 Å². The third-order valence-electron chi connectivity index (χ3n) is 2.00. The van der Waals surface area contributed by atoms with Crippen LogP contribution in [-0.4, -0.2) is 34.5 Å². The Bertz CT molecular complexity index is 324. The van der Waals surface area contributed by atoms with Crippen molar-refractivity contribution in [3.63, 3.8) is 0 Å². The van der Waals surface area contributed by atoms with E-state index in [0.29, 0.717) is 28.2 Å². The zero-order valence-corrected chi connectivity index (χ0v) is 12.2. The Morgan fingerprint density at radius 3 is 2.59 bits per heavy atom. The topological polar surface area (TPSA) is 18.5 Å². The summed E-state index contributed by atoms with van der Waals surface area (Å²) >= 11 is 0.399. The van der Waals surface area contributed by atoms with Gasteiger partial charge in [-0.15, -0.1) is 0 Å². The minimum absolute atomic E-state index is 0.100. The van der Waals surface area contributed by atoms with E-state index in [-0.39, 0.29) is 6.29 Å².